The standard InChI is InChI=1S/C16H29N3O3/c1-16(2,3)22-15(21)19-10-8-13(9-11-19)18-14(20)17-12-6-4-5-7-12/h12-13H,4-11H2,1-3H3,(H2,17,18,20). The third-order valence-electron chi connectivity index (χ3n) is 4.17. The first-order valence-corrected chi connectivity index (χ1v) is 8.38. The van der Waals surface area contributed by atoms with Gasteiger partial charge in [0.25, 0.3) is 0 Å². The second-order valence-corrected chi connectivity index (χ2v) is 7.34. The van der Waals surface area contributed by atoms with Gasteiger partial charge >= 0.3 is 12.1 Å². The Morgan fingerprint density at radius 3 is 1.95 bits per heavy atom. The second kappa shape index (κ2) is 7.20. The minimum absolute atomic E-state index is 0.0670. The molecule has 0 unspecified atom stereocenters. The first-order chi connectivity index (χ1) is 10.3. The fourth-order valence-electron chi connectivity index (χ4n) is 3.02. The van der Waals surface area contributed by atoms with Crippen molar-refractivity contribution in [3.05, 3.63) is 0 Å². The predicted octanol–water partition coefficient (Wildman–Crippen LogP) is 2.63. The van der Waals surface area contributed by atoms with Crippen molar-refractivity contribution in [2.45, 2.75) is 77.0 Å². The molecule has 1 saturated heterocycles. The van der Waals surface area contributed by atoms with Gasteiger partial charge in [-0.15, -0.1) is 0 Å². The minimum Gasteiger partial charge on any atom is -0.444 e. The molecule has 1 aliphatic carbocycles. The molecule has 1 heterocycles. The Kier molecular flexibility index (Phi) is 5.53. The van der Waals surface area contributed by atoms with Gasteiger partial charge in [-0.05, 0) is 46.5 Å². The van der Waals surface area contributed by atoms with Gasteiger partial charge in [-0.25, -0.2) is 9.59 Å². The maximum Gasteiger partial charge on any atom is 0.410 e. The van der Waals surface area contributed by atoms with E-state index in [1.807, 2.05) is 20.8 Å². The number of piperidine rings is 1. The molecule has 0 aromatic carbocycles. The van der Waals surface area contributed by atoms with E-state index < -0.39 is 5.60 Å². The summed E-state index contributed by atoms with van der Waals surface area (Å²) >= 11 is 0. The topological polar surface area (TPSA) is 70.7 Å². The summed E-state index contributed by atoms with van der Waals surface area (Å²) in [7, 11) is 0. The van der Waals surface area contributed by atoms with E-state index in [2.05, 4.69) is 10.6 Å². The van der Waals surface area contributed by atoms with Crippen LogP contribution in [0.5, 0.6) is 0 Å². The van der Waals surface area contributed by atoms with Crippen LogP contribution < -0.4 is 10.6 Å². The zero-order valence-corrected chi connectivity index (χ0v) is 14.0. The SMILES string of the molecule is CC(C)(C)OC(=O)N1CCC(NC(=O)NC2CCCC2)CC1. The number of hydrogen-bond donors (Lipinski definition) is 2. The van der Waals surface area contributed by atoms with E-state index in [4.69, 9.17) is 4.74 Å². The Balaban J connectivity index is 1.68. The molecule has 0 radical (unpaired) electrons. The molecule has 0 aromatic rings. The molecule has 22 heavy (non-hydrogen) atoms. The third-order valence-corrected chi connectivity index (χ3v) is 4.17. The van der Waals surface area contributed by atoms with Gasteiger partial charge in [-0.3, -0.25) is 0 Å². The first kappa shape index (κ1) is 16.9. The molecule has 2 N–H and O–H groups in total. The van der Waals surface area contributed by atoms with E-state index in [0.717, 1.165) is 25.7 Å². The number of ether oxygens (including phenoxy) is 1. The number of urea groups is 1. The van der Waals surface area contributed by atoms with Crippen molar-refractivity contribution in [2.24, 2.45) is 0 Å². The largest absolute Gasteiger partial charge is 0.444 e. The summed E-state index contributed by atoms with van der Waals surface area (Å²) in [6.07, 6.45) is 5.88. The third kappa shape index (κ3) is 5.39. The highest BCUT2D eigenvalue weighted by molar-refractivity contribution is 5.74. The van der Waals surface area contributed by atoms with Crippen molar-refractivity contribution in [3.8, 4) is 0 Å². The number of likely N-dealkylation sites (tertiary alicyclic amines) is 1. The number of hydrogen-bond acceptors (Lipinski definition) is 3. The summed E-state index contributed by atoms with van der Waals surface area (Å²) in [6, 6.07) is 0.407. The molecule has 6 heteroatoms. The lowest BCUT2D eigenvalue weighted by atomic mass is 10.1. The van der Waals surface area contributed by atoms with Crippen LogP contribution in [0.2, 0.25) is 0 Å². The van der Waals surface area contributed by atoms with E-state index in [9.17, 15) is 9.59 Å². The lowest BCUT2D eigenvalue weighted by Gasteiger charge is -2.33. The molecule has 6 nitrogen and oxygen atoms in total. The summed E-state index contributed by atoms with van der Waals surface area (Å²) in [5.74, 6) is 0. The van der Waals surface area contributed by atoms with Gasteiger partial charge < -0.3 is 20.3 Å². The predicted molar refractivity (Wildman–Crippen MR) is 84.8 cm³/mol. The van der Waals surface area contributed by atoms with Crippen molar-refractivity contribution in [2.75, 3.05) is 13.1 Å². The molecule has 0 spiro atoms. The molecule has 1 saturated carbocycles. The second-order valence-electron chi connectivity index (χ2n) is 7.34. The molecule has 2 rings (SSSR count). The molecule has 2 aliphatic rings. The zero-order valence-electron chi connectivity index (χ0n) is 14.0. The maximum absolute atomic E-state index is 12.0. The van der Waals surface area contributed by atoms with E-state index in [0.29, 0.717) is 19.1 Å². The first-order valence-electron chi connectivity index (χ1n) is 8.38. The van der Waals surface area contributed by atoms with Crippen LogP contribution in [-0.2, 0) is 4.74 Å². The minimum atomic E-state index is -0.465. The normalized spacial score (nSPS) is 20.8. The van der Waals surface area contributed by atoms with Gasteiger partial charge in [0.15, 0.2) is 0 Å². The van der Waals surface area contributed by atoms with Gasteiger partial charge in [0.1, 0.15) is 5.60 Å². The van der Waals surface area contributed by atoms with E-state index in [1.54, 1.807) is 4.90 Å². The monoisotopic (exact) mass is 311 g/mol. The van der Waals surface area contributed by atoms with Crippen molar-refractivity contribution in [1.29, 1.82) is 0 Å². The quantitative estimate of drug-likeness (QED) is 0.823. The Hall–Kier alpha value is -1.46. The van der Waals surface area contributed by atoms with Gasteiger partial charge in [0.05, 0.1) is 0 Å². The highest BCUT2D eigenvalue weighted by Gasteiger charge is 2.28. The fourth-order valence-corrected chi connectivity index (χ4v) is 3.02. The van der Waals surface area contributed by atoms with Gasteiger partial charge in [0, 0.05) is 25.2 Å². The number of carbonyl (C=O) groups is 2. The van der Waals surface area contributed by atoms with Crippen LogP contribution in [0, 0.1) is 0 Å². The Bertz CT molecular complexity index is 392. The fraction of sp³-hybridized carbons (Fsp3) is 0.875. The number of rotatable bonds is 2. The average molecular weight is 311 g/mol. The molecule has 3 amide bonds. The summed E-state index contributed by atoms with van der Waals surface area (Å²) < 4.78 is 5.37. The van der Waals surface area contributed by atoms with Gasteiger partial charge in [-0.1, -0.05) is 12.8 Å². The summed E-state index contributed by atoms with van der Waals surface area (Å²) in [5, 5.41) is 6.06. The smallest absolute Gasteiger partial charge is 0.410 e. The Morgan fingerprint density at radius 1 is 0.955 bits per heavy atom. The van der Waals surface area contributed by atoms with Crippen LogP contribution >= 0.6 is 0 Å². The van der Waals surface area contributed by atoms with Crippen molar-refractivity contribution < 1.29 is 14.3 Å². The summed E-state index contributed by atoms with van der Waals surface area (Å²) in [6.45, 7) is 6.86. The van der Waals surface area contributed by atoms with Crippen molar-refractivity contribution in [3.63, 3.8) is 0 Å². The van der Waals surface area contributed by atoms with Crippen LogP contribution in [-0.4, -0.2) is 47.8 Å². The molecule has 2 fully saturated rings. The number of carbonyl (C=O) groups excluding carboxylic acids is 2. The molecule has 1 aliphatic heterocycles. The van der Waals surface area contributed by atoms with Crippen molar-refractivity contribution in [1.82, 2.24) is 15.5 Å². The summed E-state index contributed by atoms with van der Waals surface area (Å²) in [4.78, 5) is 25.6. The lowest BCUT2D eigenvalue weighted by molar-refractivity contribution is 0.0201. The highest BCUT2D eigenvalue weighted by atomic mass is 16.6. The molecule has 0 atom stereocenters. The van der Waals surface area contributed by atoms with Crippen LogP contribution in [0.4, 0.5) is 9.59 Å². The molecular weight excluding hydrogens is 282 g/mol. The molecule has 0 bridgehead atoms. The molecule has 0 aromatic heterocycles. The zero-order chi connectivity index (χ0) is 16.2. The number of nitrogens with zero attached hydrogens (tertiary/aromatic N) is 1. The number of nitrogens with one attached hydrogen (secondary N) is 2. The van der Waals surface area contributed by atoms with Crippen molar-refractivity contribution >= 4 is 12.1 Å². The van der Waals surface area contributed by atoms with Gasteiger partial charge in [-0.2, -0.15) is 0 Å². The molecular formula is C16H29N3O3. The lowest BCUT2D eigenvalue weighted by Crippen LogP contribution is -2.51. The van der Waals surface area contributed by atoms with E-state index >= 15 is 0 Å². The van der Waals surface area contributed by atoms with Crippen LogP contribution in [0.15, 0.2) is 0 Å². The van der Waals surface area contributed by atoms with Gasteiger partial charge in [0.2, 0.25) is 0 Å². The summed E-state index contributed by atoms with van der Waals surface area (Å²) in [5.41, 5.74) is -0.465. The Labute approximate surface area is 132 Å². The molecule has 126 valence electrons. The van der Waals surface area contributed by atoms with Crippen LogP contribution in [0.3, 0.4) is 0 Å². The highest BCUT2D eigenvalue weighted by Crippen LogP contribution is 2.18. The number of amides is 3. The van der Waals surface area contributed by atoms with E-state index in [-0.39, 0.29) is 18.2 Å². The van der Waals surface area contributed by atoms with E-state index in [1.165, 1.54) is 12.8 Å². The average Bonchev–Trinajstić information content (AvgIpc) is 2.90. The van der Waals surface area contributed by atoms with Crippen LogP contribution in [0.25, 0.3) is 0 Å². The van der Waals surface area contributed by atoms with Crippen LogP contribution in [0.1, 0.15) is 59.3 Å². The maximum atomic E-state index is 12.0. The Morgan fingerprint density at radius 2 is 1.45 bits per heavy atom.